The molecule has 0 bridgehead atoms. The topological polar surface area (TPSA) is 0 Å². The van der Waals surface area contributed by atoms with Crippen molar-refractivity contribution in [3.05, 3.63) is 33.1 Å². The van der Waals surface area contributed by atoms with Crippen molar-refractivity contribution in [2.24, 2.45) is 10.8 Å². The third-order valence-electron chi connectivity index (χ3n) is 3.02. The van der Waals surface area contributed by atoms with Gasteiger partial charge in [0.1, 0.15) is 0 Å². The second-order valence-corrected chi connectivity index (χ2v) is 8.07. The van der Waals surface area contributed by atoms with Crippen molar-refractivity contribution in [2.75, 3.05) is 0 Å². The van der Waals surface area contributed by atoms with Gasteiger partial charge in [-0.15, -0.1) is 0 Å². The zero-order chi connectivity index (χ0) is 13.4. The van der Waals surface area contributed by atoms with Gasteiger partial charge in [0.15, 0.2) is 0 Å². The van der Waals surface area contributed by atoms with Crippen molar-refractivity contribution in [2.45, 2.75) is 55.4 Å². The van der Waals surface area contributed by atoms with Gasteiger partial charge in [0.25, 0.3) is 0 Å². The molecule has 0 unspecified atom stereocenters. The van der Waals surface area contributed by atoms with Gasteiger partial charge in [-0.2, -0.15) is 0 Å². The van der Waals surface area contributed by atoms with E-state index in [2.05, 4.69) is 67.5 Å². The van der Waals surface area contributed by atoms with Crippen molar-refractivity contribution in [1.29, 1.82) is 0 Å². The highest BCUT2D eigenvalue weighted by Crippen LogP contribution is 2.47. The maximum atomic E-state index is 2.36. The van der Waals surface area contributed by atoms with Crippen LogP contribution in [-0.4, -0.2) is 0 Å². The minimum atomic E-state index is 0.223. The molecule has 1 heteroatoms. The highest BCUT2D eigenvalue weighted by atomic mass is 32.2. The van der Waals surface area contributed by atoms with Crippen LogP contribution in [0.15, 0.2) is 33.1 Å². The van der Waals surface area contributed by atoms with E-state index >= 15 is 0 Å². The minimum Gasteiger partial charge on any atom is -0.0979 e. The molecule has 0 fully saturated rings. The van der Waals surface area contributed by atoms with E-state index in [1.54, 1.807) is 0 Å². The number of hydrogen-bond donors (Lipinski definition) is 0. The summed E-state index contributed by atoms with van der Waals surface area (Å²) in [6.07, 6.45) is 4.71. The Morgan fingerprint density at radius 3 is 1.24 bits per heavy atom. The third kappa shape index (κ3) is 3.77. The van der Waals surface area contributed by atoms with Crippen LogP contribution in [0.1, 0.15) is 55.4 Å². The quantitative estimate of drug-likeness (QED) is 0.513. The van der Waals surface area contributed by atoms with Gasteiger partial charge in [-0.3, -0.25) is 0 Å². The predicted octanol–water partition coefficient (Wildman–Crippen LogP) is 5.93. The van der Waals surface area contributed by atoms with E-state index < -0.39 is 0 Å². The summed E-state index contributed by atoms with van der Waals surface area (Å²) in [6, 6.07) is 0. The number of hydrogen-bond acceptors (Lipinski definition) is 1. The zero-order valence-electron chi connectivity index (χ0n) is 12.6. The van der Waals surface area contributed by atoms with E-state index in [1.807, 2.05) is 11.8 Å². The minimum absolute atomic E-state index is 0.223. The smallest absolute Gasteiger partial charge is 0.00491 e. The molecule has 1 heterocycles. The molecular formula is C16H26S. The Balaban J connectivity index is 3.27. The van der Waals surface area contributed by atoms with E-state index in [1.165, 1.54) is 21.0 Å². The molecular weight excluding hydrogens is 224 g/mol. The van der Waals surface area contributed by atoms with E-state index in [4.69, 9.17) is 0 Å². The Bertz CT molecular complexity index is 354. The van der Waals surface area contributed by atoms with Crippen LogP contribution in [0.25, 0.3) is 0 Å². The van der Waals surface area contributed by atoms with Crippen molar-refractivity contribution in [1.82, 2.24) is 0 Å². The lowest BCUT2D eigenvalue weighted by Crippen LogP contribution is -2.11. The first-order valence-electron chi connectivity index (χ1n) is 6.31. The fourth-order valence-corrected chi connectivity index (χ4v) is 2.86. The molecule has 0 aromatic heterocycles. The second kappa shape index (κ2) is 4.68. The van der Waals surface area contributed by atoms with E-state index in [9.17, 15) is 0 Å². The molecule has 0 aromatic rings. The first kappa shape index (κ1) is 14.6. The Morgan fingerprint density at radius 2 is 1.00 bits per heavy atom. The van der Waals surface area contributed by atoms with Crippen LogP contribution in [-0.2, 0) is 0 Å². The third-order valence-corrected chi connectivity index (χ3v) is 4.92. The maximum absolute atomic E-state index is 2.36. The lowest BCUT2D eigenvalue weighted by molar-refractivity contribution is 0.524. The monoisotopic (exact) mass is 250 g/mol. The van der Waals surface area contributed by atoms with Crippen LogP contribution >= 0.6 is 11.8 Å². The largest absolute Gasteiger partial charge is 0.0979 e. The van der Waals surface area contributed by atoms with Crippen LogP contribution in [0, 0.1) is 10.8 Å². The molecule has 0 aromatic carbocycles. The number of allylic oxidation sites excluding steroid dienone is 6. The Kier molecular flexibility index (Phi) is 4.03. The van der Waals surface area contributed by atoms with Gasteiger partial charge in [0.2, 0.25) is 0 Å². The van der Waals surface area contributed by atoms with Gasteiger partial charge in [-0.05, 0) is 57.8 Å². The normalized spacial score (nSPS) is 18.8. The summed E-state index contributed by atoms with van der Waals surface area (Å²) in [4.78, 5) is 2.93. The van der Waals surface area contributed by atoms with Crippen LogP contribution < -0.4 is 0 Å². The maximum Gasteiger partial charge on any atom is -0.00491 e. The van der Waals surface area contributed by atoms with Crippen LogP contribution in [0.3, 0.4) is 0 Å². The Labute approximate surface area is 111 Å². The highest BCUT2D eigenvalue weighted by Gasteiger charge is 2.26. The predicted molar refractivity (Wildman–Crippen MR) is 81.0 cm³/mol. The van der Waals surface area contributed by atoms with Crippen molar-refractivity contribution >= 4 is 11.8 Å². The molecule has 1 rings (SSSR count). The molecule has 0 N–H and O–H groups in total. The number of rotatable bonds is 0. The Morgan fingerprint density at radius 1 is 0.706 bits per heavy atom. The average molecular weight is 250 g/mol. The zero-order valence-corrected chi connectivity index (χ0v) is 13.4. The summed E-state index contributed by atoms with van der Waals surface area (Å²) in [5.41, 5.74) is 3.23. The molecule has 17 heavy (non-hydrogen) atoms. The molecule has 0 saturated carbocycles. The fourth-order valence-electron chi connectivity index (χ4n) is 1.54. The summed E-state index contributed by atoms with van der Waals surface area (Å²) in [5, 5.41) is 0. The van der Waals surface area contributed by atoms with Gasteiger partial charge in [0.05, 0.1) is 0 Å². The summed E-state index contributed by atoms with van der Waals surface area (Å²) in [5.74, 6) is 0. The molecule has 0 aliphatic carbocycles. The molecule has 1 aliphatic heterocycles. The Hall–Kier alpha value is -0.430. The van der Waals surface area contributed by atoms with Crippen molar-refractivity contribution in [3.8, 4) is 0 Å². The lowest BCUT2D eigenvalue weighted by Gasteiger charge is -2.28. The summed E-state index contributed by atoms with van der Waals surface area (Å²) in [7, 11) is 0. The highest BCUT2D eigenvalue weighted by molar-refractivity contribution is 8.06. The van der Waals surface area contributed by atoms with Crippen LogP contribution in [0.4, 0.5) is 0 Å². The molecule has 0 radical (unpaired) electrons. The summed E-state index contributed by atoms with van der Waals surface area (Å²) >= 11 is 1.95. The van der Waals surface area contributed by atoms with Gasteiger partial charge in [-0.1, -0.05) is 53.3 Å². The molecule has 0 spiro atoms. The van der Waals surface area contributed by atoms with E-state index in [-0.39, 0.29) is 10.8 Å². The average Bonchev–Trinajstić information content (AvgIpc) is 2.25. The lowest BCUT2D eigenvalue weighted by atomic mass is 9.93. The molecule has 96 valence electrons. The van der Waals surface area contributed by atoms with Gasteiger partial charge in [0, 0.05) is 0 Å². The van der Waals surface area contributed by atoms with Gasteiger partial charge in [-0.25, -0.2) is 0 Å². The van der Waals surface area contributed by atoms with Crippen LogP contribution in [0.5, 0.6) is 0 Å². The van der Waals surface area contributed by atoms with Gasteiger partial charge < -0.3 is 0 Å². The molecule has 0 saturated heterocycles. The molecule has 0 nitrogen and oxygen atoms in total. The van der Waals surface area contributed by atoms with Gasteiger partial charge >= 0.3 is 0 Å². The van der Waals surface area contributed by atoms with Crippen LogP contribution in [0.2, 0.25) is 0 Å². The van der Waals surface area contributed by atoms with Crippen molar-refractivity contribution in [3.63, 3.8) is 0 Å². The summed E-state index contributed by atoms with van der Waals surface area (Å²) in [6.45, 7) is 18.2. The standard InChI is InChI=1S/C16H26S/c1-11-9-13(15(3,4)5)17-14(10-12(11)2)16(6,7)8/h9-10H,1-8H3. The molecule has 0 atom stereocenters. The van der Waals surface area contributed by atoms with Crippen molar-refractivity contribution < 1.29 is 0 Å². The number of thioether (sulfide) groups is 1. The molecule has 1 aliphatic rings. The molecule has 0 amide bonds. The second-order valence-electron chi connectivity index (χ2n) is 6.99. The van der Waals surface area contributed by atoms with E-state index in [0.717, 1.165) is 0 Å². The first-order valence-corrected chi connectivity index (χ1v) is 7.13. The first-order chi connectivity index (χ1) is 7.51. The fraction of sp³-hybridized carbons (Fsp3) is 0.625. The van der Waals surface area contributed by atoms with E-state index in [0.29, 0.717) is 0 Å². The summed E-state index contributed by atoms with van der Waals surface area (Å²) < 4.78 is 0. The SMILES string of the molecule is CC1=C(C)C=C(C(C)(C)C)SC(C(C)(C)C)=C1.